The minimum atomic E-state index is -1.05. The fourth-order valence-corrected chi connectivity index (χ4v) is 0.398. The molecule has 3 N–H and O–H groups in total. The first-order valence-corrected chi connectivity index (χ1v) is 2.95. The van der Waals surface area contributed by atoms with Gasteiger partial charge >= 0.3 is 5.97 Å². The molecule has 0 unspecified atom stereocenters. The lowest BCUT2D eigenvalue weighted by atomic mass is 10.1. The fraction of sp³-hybridized carbons (Fsp3) is 0.800. The number of aliphatic carboxylic acids is 1. The maximum Gasteiger partial charge on any atom is 0.321 e. The van der Waals surface area contributed by atoms with Crippen molar-refractivity contribution >= 4 is 18.6 Å². The topological polar surface area (TPSA) is 63.3 Å². The van der Waals surface area contributed by atoms with E-state index in [1.54, 1.807) is 13.8 Å². The number of carboxylic acids is 1. The van der Waals surface area contributed by atoms with Crippen LogP contribution in [-0.4, -0.2) is 21.9 Å². The van der Waals surface area contributed by atoms with E-state index in [1.807, 2.05) is 0 Å². The van der Waals surface area contributed by atoms with Gasteiger partial charge in [0.15, 0.2) is 0 Å². The van der Waals surface area contributed by atoms with Crippen LogP contribution in [0.4, 0.5) is 0 Å². The monoisotopic (exact) mass is 148 g/mol. The van der Waals surface area contributed by atoms with Gasteiger partial charge in [0.1, 0.15) is 6.04 Å². The summed E-state index contributed by atoms with van der Waals surface area (Å²) < 4.78 is -0.758. The summed E-state index contributed by atoms with van der Waals surface area (Å²) in [4.78, 5) is 10.2. The van der Waals surface area contributed by atoms with E-state index in [4.69, 9.17) is 23.5 Å². The van der Waals surface area contributed by atoms with Crippen molar-refractivity contribution in [2.45, 2.75) is 24.6 Å². The number of rotatable bonds is 2. The maximum absolute atomic E-state index is 10.2. The molecule has 4 heteroatoms. The molecule has 0 fully saturated rings. The van der Waals surface area contributed by atoms with Gasteiger partial charge in [-0.3, -0.25) is 4.79 Å². The molecule has 0 amide bonds. The summed E-state index contributed by atoms with van der Waals surface area (Å²) in [6.07, 6.45) is 0. The lowest BCUT2D eigenvalue weighted by molar-refractivity contribution is -0.139. The summed E-state index contributed by atoms with van der Waals surface area (Å²) in [5.74, 6) is -1.05. The minimum absolute atomic E-state index is 0.758. The standard InChI is InChI=1S/C5H10NO2S/c1-5(2,9)3(6)4(7)8/h3H,6H2,1-2H3,(H,7,8)/t3-/m0/s1. The van der Waals surface area contributed by atoms with Crippen molar-refractivity contribution in [1.29, 1.82) is 0 Å². The van der Waals surface area contributed by atoms with Crippen LogP contribution in [0.1, 0.15) is 13.8 Å². The molecule has 3 nitrogen and oxygen atoms in total. The summed E-state index contributed by atoms with van der Waals surface area (Å²) in [7, 11) is 0. The van der Waals surface area contributed by atoms with E-state index < -0.39 is 16.8 Å². The first-order valence-electron chi connectivity index (χ1n) is 2.54. The summed E-state index contributed by atoms with van der Waals surface area (Å²) >= 11 is 4.78. The third-order valence-electron chi connectivity index (χ3n) is 1.02. The van der Waals surface area contributed by atoms with Crippen molar-refractivity contribution in [2.75, 3.05) is 0 Å². The first-order chi connectivity index (χ1) is 3.85. The quantitative estimate of drug-likeness (QED) is 0.595. The van der Waals surface area contributed by atoms with Crippen molar-refractivity contribution < 1.29 is 9.90 Å². The Balaban J connectivity index is 4.04. The molecule has 0 aliphatic rings. The minimum Gasteiger partial charge on any atom is -0.480 e. The van der Waals surface area contributed by atoms with Crippen LogP contribution in [0.2, 0.25) is 0 Å². The predicted molar refractivity (Wildman–Crippen MR) is 37.3 cm³/mol. The highest BCUT2D eigenvalue weighted by molar-refractivity contribution is 7.81. The molecule has 1 atom stereocenters. The summed E-state index contributed by atoms with van der Waals surface area (Å²) in [5.41, 5.74) is 5.19. The van der Waals surface area contributed by atoms with Crippen LogP contribution in [0, 0.1) is 0 Å². The van der Waals surface area contributed by atoms with E-state index in [1.165, 1.54) is 0 Å². The predicted octanol–water partition coefficient (Wildman–Crippen LogP) is 0.374. The second-order valence-electron chi connectivity index (χ2n) is 2.42. The number of carbonyl (C=O) groups is 1. The Hall–Kier alpha value is -0.220. The second-order valence-corrected chi connectivity index (χ2v) is 3.47. The van der Waals surface area contributed by atoms with E-state index in [2.05, 4.69) is 0 Å². The Kier molecular flexibility index (Phi) is 2.51. The Bertz CT molecular complexity index is 119. The Morgan fingerprint density at radius 1 is 1.78 bits per heavy atom. The molecular weight excluding hydrogens is 138 g/mol. The van der Waals surface area contributed by atoms with Crippen molar-refractivity contribution in [3.8, 4) is 0 Å². The van der Waals surface area contributed by atoms with Crippen LogP contribution in [0.5, 0.6) is 0 Å². The van der Waals surface area contributed by atoms with Gasteiger partial charge in [0.25, 0.3) is 0 Å². The molecule has 0 aliphatic carbocycles. The molecule has 1 radical (unpaired) electrons. The number of carboxylic acid groups (broad SMARTS) is 1. The first kappa shape index (κ1) is 8.78. The van der Waals surface area contributed by atoms with Gasteiger partial charge in [-0.15, -0.1) is 0 Å². The Morgan fingerprint density at radius 3 is 2.11 bits per heavy atom. The molecule has 0 spiro atoms. The zero-order chi connectivity index (χ0) is 7.65. The fourth-order valence-electron chi connectivity index (χ4n) is 0.297. The van der Waals surface area contributed by atoms with Gasteiger partial charge in [-0.25, -0.2) is 0 Å². The van der Waals surface area contributed by atoms with E-state index in [0.29, 0.717) is 0 Å². The van der Waals surface area contributed by atoms with Gasteiger partial charge < -0.3 is 10.8 Å². The molecule has 0 saturated carbocycles. The smallest absolute Gasteiger partial charge is 0.321 e. The molecule has 0 aromatic carbocycles. The van der Waals surface area contributed by atoms with Crippen molar-refractivity contribution in [2.24, 2.45) is 5.73 Å². The van der Waals surface area contributed by atoms with Gasteiger partial charge in [0.2, 0.25) is 0 Å². The van der Waals surface area contributed by atoms with E-state index in [9.17, 15) is 4.79 Å². The van der Waals surface area contributed by atoms with Crippen molar-refractivity contribution in [3.05, 3.63) is 0 Å². The van der Waals surface area contributed by atoms with E-state index in [0.717, 1.165) is 0 Å². The highest BCUT2D eigenvalue weighted by Gasteiger charge is 2.28. The zero-order valence-corrected chi connectivity index (χ0v) is 6.23. The highest BCUT2D eigenvalue weighted by Crippen LogP contribution is 2.15. The van der Waals surface area contributed by atoms with Crippen molar-refractivity contribution in [3.63, 3.8) is 0 Å². The SMILES string of the molecule is CC(C)([S])[C@@H](N)C(=O)O. The molecule has 0 aliphatic heterocycles. The molecule has 0 bridgehead atoms. The maximum atomic E-state index is 10.2. The van der Waals surface area contributed by atoms with Crippen LogP contribution >= 0.6 is 12.6 Å². The molecule has 0 rings (SSSR count). The Morgan fingerprint density at radius 2 is 2.11 bits per heavy atom. The van der Waals surface area contributed by atoms with Crippen molar-refractivity contribution in [1.82, 2.24) is 0 Å². The number of hydrogen-bond donors (Lipinski definition) is 2. The number of nitrogens with two attached hydrogens (primary N) is 1. The molecule has 0 heterocycles. The third-order valence-corrected chi connectivity index (χ3v) is 1.27. The summed E-state index contributed by atoms with van der Waals surface area (Å²) in [6, 6.07) is -0.951. The largest absolute Gasteiger partial charge is 0.480 e. The number of hydrogen-bond acceptors (Lipinski definition) is 2. The van der Waals surface area contributed by atoms with Gasteiger partial charge in [-0.2, -0.15) is 0 Å². The average Bonchev–Trinajstić information content (AvgIpc) is 1.62. The summed E-state index contributed by atoms with van der Waals surface area (Å²) in [5, 5.41) is 8.33. The molecule has 0 saturated heterocycles. The van der Waals surface area contributed by atoms with Crippen LogP contribution in [0.3, 0.4) is 0 Å². The van der Waals surface area contributed by atoms with Gasteiger partial charge in [0.05, 0.1) is 0 Å². The van der Waals surface area contributed by atoms with Crippen LogP contribution in [0.25, 0.3) is 0 Å². The Labute approximate surface area is 59.6 Å². The molecule has 9 heavy (non-hydrogen) atoms. The molecular formula is C5H10NO2S. The molecule has 0 aromatic heterocycles. The van der Waals surface area contributed by atoms with Gasteiger partial charge in [0, 0.05) is 4.75 Å². The van der Waals surface area contributed by atoms with Crippen LogP contribution in [0.15, 0.2) is 0 Å². The third kappa shape index (κ3) is 2.72. The van der Waals surface area contributed by atoms with Crippen LogP contribution in [-0.2, 0) is 4.79 Å². The average molecular weight is 148 g/mol. The van der Waals surface area contributed by atoms with E-state index >= 15 is 0 Å². The van der Waals surface area contributed by atoms with E-state index in [-0.39, 0.29) is 0 Å². The highest BCUT2D eigenvalue weighted by atomic mass is 32.1. The molecule has 53 valence electrons. The van der Waals surface area contributed by atoms with Gasteiger partial charge in [-0.1, -0.05) is 12.6 Å². The second kappa shape index (κ2) is 2.58. The van der Waals surface area contributed by atoms with Crippen LogP contribution < -0.4 is 5.73 Å². The summed E-state index contributed by atoms with van der Waals surface area (Å²) in [6.45, 7) is 3.22. The zero-order valence-electron chi connectivity index (χ0n) is 5.42. The van der Waals surface area contributed by atoms with Gasteiger partial charge in [-0.05, 0) is 13.8 Å². The lowest BCUT2D eigenvalue weighted by Crippen LogP contribution is -2.45. The normalized spacial score (nSPS) is 15.1. The molecule has 0 aromatic rings. The lowest BCUT2D eigenvalue weighted by Gasteiger charge is -2.20.